The van der Waals surface area contributed by atoms with Crippen molar-refractivity contribution in [3.05, 3.63) is 24.0 Å². The highest BCUT2D eigenvalue weighted by Crippen LogP contribution is 2.66. The number of carbonyl (C=O) groups excluding carboxylic acids is 1. The Hall–Kier alpha value is -1.05. The fraction of sp³-hybridized carbons (Fsp3) is 0.688. The van der Waals surface area contributed by atoms with Crippen molar-refractivity contribution in [3.63, 3.8) is 0 Å². The Morgan fingerprint density at radius 1 is 1.33 bits per heavy atom. The fourth-order valence-corrected chi connectivity index (χ4v) is 4.09. The zero-order valence-corrected chi connectivity index (χ0v) is 11.5. The SMILES string of the molecule is CC1(C)C2CCC1(C)C(OC1=CC=CCC1=O)C2. The highest BCUT2D eigenvalue weighted by atomic mass is 16.5. The maximum absolute atomic E-state index is 11.8. The molecule has 3 aliphatic rings. The number of fused-ring (bicyclic) bond motifs is 2. The van der Waals surface area contributed by atoms with Crippen molar-refractivity contribution >= 4 is 5.78 Å². The summed E-state index contributed by atoms with van der Waals surface area (Å²) in [4.78, 5) is 11.8. The first-order chi connectivity index (χ1) is 8.45. The number of hydrogen-bond acceptors (Lipinski definition) is 2. The summed E-state index contributed by atoms with van der Waals surface area (Å²) in [6.07, 6.45) is 10.0. The van der Waals surface area contributed by atoms with Gasteiger partial charge in [0.1, 0.15) is 6.10 Å². The second-order valence-corrected chi connectivity index (χ2v) is 6.80. The Morgan fingerprint density at radius 3 is 2.67 bits per heavy atom. The van der Waals surface area contributed by atoms with E-state index >= 15 is 0 Å². The number of hydrogen-bond donors (Lipinski definition) is 0. The predicted molar refractivity (Wildman–Crippen MR) is 70.9 cm³/mol. The maximum Gasteiger partial charge on any atom is 0.201 e. The minimum atomic E-state index is 0.127. The highest BCUT2D eigenvalue weighted by Gasteiger charge is 2.62. The van der Waals surface area contributed by atoms with E-state index in [2.05, 4.69) is 20.8 Å². The van der Waals surface area contributed by atoms with E-state index in [1.54, 1.807) is 0 Å². The van der Waals surface area contributed by atoms with Crippen LogP contribution >= 0.6 is 0 Å². The lowest BCUT2D eigenvalue weighted by Crippen LogP contribution is -2.37. The van der Waals surface area contributed by atoms with Gasteiger partial charge in [-0.15, -0.1) is 0 Å². The third kappa shape index (κ3) is 1.44. The Morgan fingerprint density at radius 2 is 2.11 bits per heavy atom. The van der Waals surface area contributed by atoms with Gasteiger partial charge in [0, 0.05) is 11.8 Å². The van der Waals surface area contributed by atoms with E-state index in [0.29, 0.717) is 17.6 Å². The summed E-state index contributed by atoms with van der Waals surface area (Å²) in [5.74, 6) is 1.45. The molecule has 2 heteroatoms. The van der Waals surface area contributed by atoms with Crippen LogP contribution in [0.1, 0.15) is 46.5 Å². The van der Waals surface area contributed by atoms with Gasteiger partial charge in [0.25, 0.3) is 0 Å². The van der Waals surface area contributed by atoms with Crippen LogP contribution in [-0.4, -0.2) is 11.9 Å². The first-order valence-electron chi connectivity index (χ1n) is 7.02. The number of rotatable bonds is 2. The van der Waals surface area contributed by atoms with E-state index in [1.807, 2.05) is 18.2 Å². The Labute approximate surface area is 109 Å². The molecule has 3 rings (SSSR count). The average Bonchev–Trinajstić information content (AvgIpc) is 2.65. The van der Waals surface area contributed by atoms with Crippen molar-refractivity contribution in [2.75, 3.05) is 0 Å². The Bertz CT molecular complexity index is 444. The lowest BCUT2D eigenvalue weighted by atomic mass is 9.70. The van der Waals surface area contributed by atoms with Crippen LogP contribution in [0.5, 0.6) is 0 Å². The summed E-state index contributed by atoms with van der Waals surface area (Å²) < 4.78 is 6.10. The van der Waals surface area contributed by atoms with Crippen molar-refractivity contribution in [2.24, 2.45) is 16.7 Å². The number of Topliss-reactive ketones (excluding diaryl/α,β-unsaturated/α-hetero) is 1. The van der Waals surface area contributed by atoms with Gasteiger partial charge >= 0.3 is 0 Å². The molecule has 0 aliphatic heterocycles. The lowest BCUT2D eigenvalue weighted by Gasteiger charge is -2.39. The van der Waals surface area contributed by atoms with E-state index in [-0.39, 0.29) is 17.3 Å². The standard InChI is InChI=1S/C16H22O2/c1-15(2)11-8-9-16(15,3)14(10-11)18-13-7-5-4-6-12(13)17/h4-5,7,11,14H,6,8-10H2,1-3H3. The molecular formula is C16H22O2. The molecule has 2 fully saturated rings. The van der Waals surface area contributed by atoms with Crippen LogP contribution in [0.3, 0.4) is 0 Å². The summed E-state index contributed by atoms with van der Waals surface area (Å²) >= 11 is 0. The fourth-order valence-electron chi connectivity index (χ4n) is 4.09. The van der Waals surface area contributed by atoms with Crippen molar-refractivity contribution in [1.82, 2.24) is 0 Å². The lowest BCUT2D eigenvalue weighted by molar-refractivity contribution is -0.121. The van der Waals surface area contributed by atoms with Gasteiger partial charge < -0.3 is 4.74 Å². The topological polar surface area (TPSA) is 26.3 Å². The molecular weight excluding hydrogens is 224 g/mol. The van der Waals surface area contributed by atoms with Crippen LogP contribution in [0.25, 0.3) is 0 Å². The summed E-state index contributed by atoms with van der Waals surface area (Å²) in [6.45, 7) is 7.07. The minimum Gasteiger partial charge on any atom is -0.486 e. The summed E-state index contributed by atoms with van der Waals surface area (Å²) in [5.41, 5.74) is 0.561. The molecule has 2 saturated carbocycles. The van der Waals surface area contributed by atoms with Crippen LogP contribution in [0, 0.1) is 16.7 Å². The molecule has 18 heavy (non-hydrogen) atoms. The van der Waals surface area contributed by atoms with Crippen molar-refractivity contribution in [3.8, 4) is 0 Å². The van der Waals surface area contributed by atoms with E-state index in [4.69, 9.17) is 4.74 Å². The molecule has 98 valence electrons. The van der Waals surface area contributed by atoms with Gasteiger partial charge in [-0.3, -0.25) is 4.79 Å². The zero-order chi connectivity index (χ0) is 13.0. The molecule has 3 atom stereocenters. The van der Waals surface area contributed by atoms with Gasteiger partial charge in [0.15, 0.2) is 5.76 Å². The van der Waals surface area contributed by atoms with Crippen molar-refractivity contribution in [1.29, 1.82) is 0 Å². The molecule has 2 nitrogen and oxygen atoms in total. The molecule has 0 amide bonds. The number of ketones is 1. The van der Waals surface area contributed by atoms with Crippen molar-refractivity contribution < 1.29 is 9.53 Å². The second kappa shape index (κ2) is 3.72. The molecule has 0 aromatic carbocycles. The first-order valence-corrected chi connectivity index (χ1v) is 7.02. The van der Waals surface area contributed by atoms with Crippen LogP contribution in [0.15, 0.2) is 24.0 Å². The summed E-state index contributed by atoms with van der Waals surface area (Å²) in [6, 6.07) is 0. The average molecular weight is 246 g/mol. The largest absolute Gasteiger partial charge is 0.486 e. The van der Waals surface area contributed by atoms with Gasteiger partial charge in [-0.1, -0.05) is 32.9 Å². The molecule has 3 unspecified atom stereocenters. The van der Waals surface area contributed by atoms with Crippen LogP contribution in [0.4, 0.5) is 0 Å². The quantitative estimate of drug-likeness (QED) is 0.743. The second-order valence-electron chi connectivity index (χ2n) is 6.80. The predicted octanol–water partition coefficient (Wildman–Crippen LogP) is 3.63. The van der Waals surface area contributed by atoms with Gasteiger partial charge in [-0.05, 0) is 36.7 Å². The highest BCUT2D eigenvalue weighted by molar-refractivity contribution is 5.95. The molecule has 0 spiro atoms. The normalized spacial score (nSPS) is 41.1. The van der Waals surface area contributed by atoms with Crippen LogP contribution < -0.4 is 0 Å². The monoisotopic (exact) mass is 246 g/mol. The summed E-state index contributed by atoms with van der Waals surface area (Å²) in [5, 5.41) is 0. The van der Waals surface area contributed by atoms with Crippen LogP contribution in [0.2, 0.25) is 0 Å². The van der Waals surface area contributed by atoms with Gasteiger partial charge in [0.2, 0.25) is 5.78 Å². The van der Waals surface area contributed by atoms with Crippen molar-refractivity contribution in [2.45, 2.75) is 52.6 Å². The van der Waals surface area contributed by atoms with E-state index in [0.717, 1.165) is 12.3 Å². The molecule has 3 aliphatic carbocycles. The van der Waals surface area contributed by atoms with E-state index in [9.17, 15) is 4.79 Å². The molecule has 0 N–H and O–H groups in total. The van der Waals surface area contributed by atoms with Crippen LogP contribution in [-0.2, 0) is 9.53 Å². The number of carbonyl (C=O) groups is 1. The minimum absolute atomic E-state index is 0.127. The van der Waals surface area contributed by atoms with Gasteiger partial charge in [-0.25, -0.2) is 0 Å². The smallest absolute Gasteiger partial charge is 0.201 e. The molecule has 0 radical (unpaired) electrons. The van der Waals surface area contributed by atoms with E-state index in [1.165, 1.54) is 12.8 Å². The third-order valence-electron chi connectivity index (χ3n) is 5.94. The molecule has 0 saturated heterocycles. The zero-order valence-electron chi connectivity index (χ0n) is 11.5. The molecule has 0 aromatic heterocycles. The number of ether oxygens (including phenoxy) is 1. The van der Waals surface area contributed by atoms with E-state index < -0.39 is 0 Å². The van der Waals surface area contributed by atoms with Gasteiger partial charge in [-0.2, -0.15) is 0 Å². The van der Waals surface area contributed by atoms with Gasteiger partial charge in [0.05, 0.1) is 0 Å². The third-order valence-corrected chi connectivity index (χ3v) is 5.94. The Balaban J connectivity index is 1.82. The molecule has 0 heterocycles. The first kappa shape index (κ1) is 12.0. The molecule has 2 bridgehead atoms. The number of allylic oxidation sites excluding steroid dienone is 4. The molecule has 0 aromatic rings. The Kier molecular flexibility index (Phi) is 2.48. The summed E-state index contributed by atoms with van der Waals surface area (Å²) in [7, 11) is 0. The maximum atomic E-state index is 11.8.